The van der Waals surface area contributed by atoms with Gasteiger partial charge in [-0.3, -0.25) is 4.98 Å². The Balaban J connectivity index is 1.63. The molecule has 3 aromatic heterocycles. The van der Waals surface area contributed by atoms with Crippen LogP contribution in [0, 0.1) is 6.92 Å². The SMILES string of the molecule is Cc1ccc(CCc2cn(CCc3nn[nH]n3)c3ccc(C(=O)O)cc23)nc1. The second-order valence-electron chi connectivity index (χ2n) is 6.79. The van der Waals surface area contributed by atoms with Crippen molar-refractivity contribution in [3.63, 3.8) is 0 Å². The van der Waals surface area contributed by atoms with Crippen LogP contribution < -0.4 is 0 Å². The summed E-state index contributed by atoms with van der Waals surface area (Å²) >= 11 is 0. The Hall–Kier alpha value is -3.55. The number of aromatic carboxylic acids is 1. The van der Waals surface area contributed by atoms with Crippen LogP contribution in [0.2, 0.25) is 0 Å². The van der Waals surface area contributed by atoms with Crippen molar-refractivity contribution in [1.29, 1.82) is 0 Å². The molecule has 2 N–H and O–H groups in total. The van der Waals surface area contributed by atoms with E-state index in [9.17, 15) is 9.90 Å². The second kappa shape index (κ2) is 7.59. The molecule has 0 bridgehead atoms. The van der Waals surface area contributed by atoms with Gasteiger partial charge in [0.25, 0.3) is 0 Å². The minimum Gasteiger partial charge on any atom is -0.478 e. The smallest absolute Gasteiger partial charge is 0.335 e. The van der Waals surface area contributed by atoms with Crippen LogP contribution in [0.4, 0.5) is 0 Å². The molecule has 0 unspecified atom stereocenters. The summed E-state index contributed by atoms with van der Waals surface area (Å²) in [6.07, 6.45) is 6.17. The highest BCUT2D eigenvalue weighted by molar-refractivity contribution is 5.95. The van der Waals surface area contributed by atoms with Crippen LogP contribution in [0.5, 0.6) is 0 Å². The number of tetrazole rings is 1. The van der Waals surface area contributed by atoms with Crippen LogP contribution >= 0.6 is 0 Å². The van der Waals surface area contributed by atoms with Gasteiger partial charge in [0.05, 0.1) is 5.56 Å². The Kier molecular flexibility index (Phi) is 4.84. The van der Waals surface area contributed by atoms with Crippen molar-refractivity contribution in [1.82, 2.24) is 30.2 Å². The van der Waals surface area contributed by atoms with Crippen molar-refractivity contribution in [2.24, 2.45) is 0 Å². The minimum atomic E-state index is -0.924. The van der Waals surface area contributed by atoms with Crippen molar-refractivity contribution >= 4 is 16.9 Å². The van der Waals surface area contributed by atoms with Gasteiger partial charge >= 0.3 is 5.97 Å². The van der Waals surface area contributed by atoms with Crippen LogP contribution in [-0.4, -0.2) is 41.3 Å². The van der Waals surface area contributed by atoms with Crippen molar-refractivity contribution in [2.45, 2.75) is 32.7 Å². The topological polar surface area (TPSA) is 110 Å². The normalized spacial score (nSPS) is 11.2. The molecule has 1 aromatic carbocycles. The number of carboxylic acid groups (broad SMARTS) is 1. The van der Waals surface area contributed by atoms with Crippen LogP contribution in [0.25, 0.3) is 10.9 Å². The molecule has 0 aliphatic rings. The average molecular weight is 376 g/mol. The van der Waals surface area contributed by atoms with E-state index >= 15 is 0 Å². The molecule has 0 amide bonds. The van der Waals surface area contributed by atoms with E-state index in [0.29, 0.717) is 18.8 Å². The number of rotatable bonds is 7. The Morgan fingerprint density at radius 2 is 2.07 bits per heavy atom. The number of carboxylic acids is 1. The third-order valence-corrected chi connectivity index (χ3v) is 4.80. The number of carbonyl (C=O) groups is 1. The molecular formula is C20H20N6O2. The number of aromatic nitrogens is 6. The maximum Gasteiger partial charge on any atom is 0.335 e. The number of H-pyrrole nitrogens is 1. The number of fused-ring (bicyclic) bond motifs is 1. The van der Waals surface area contributed by atoms with Gasteiger partial charge in [0.2, 0.25) is 0 Å². The van der Waals surface area contributed by atoms with Gasteiger partial charge in [-0.15, -0.1) is 10.2 Å². The van der Waals surface area contributed by atoms with Gasteiger partial charge < -0.3 is 9.67 Å². The largest absolute Gasteiger partial charge is 0.478 e. The molecule has 28 heavy (non-hydrogen) atoms. The van der Waals surface area contributed by atoms with E-state index in [4.69, 9.17) is 0 Å². The Labute approximate surface area is 161 Å². The Bertz CT molecular complexity index is 1100. The summed E-state index contributed by atoms with van der Waals surface area (Å²) in [5.74, 6) is -0.276. The van der Waals surface area contributed by atoms with Crippen LogP contribution in [-0.2, 0) is 25.8 Å². The van der Waals surface area contributed by atoms with Gasteiger partial charge in [0.15, 0.2) is 5.82 Å². The highest BCUT2D eigenvalue weighted by atomic mass is 16.4. The highest BCUT2D eigenvalue weighted by Gasteiger charge is 2.13. The zero-order valence-electron chi connectivity index (χ0n) is 15.5. The molecule has 8 nitrogen and oxygen atoms in total. The van der Waals surface area contributed by atoms with E-state index in [2.05, 4.69) is 42.4 Å². The number of hydrogen-bond acceptors (Lipinski definition) is 5. The molecule has 0 spiro atoms. The number of benzene rings is 1. The molecule has 4 rings (SSSR count). The molecule has 0 radical (unpaired) electrons. The molecule has 4 aromatic rings. The lowest BCUT2D eigenvalue weighted by molar-refractivity contribution is 0.0697. The number of hydrogen-bond donors (Lipinski definition) is 2. The third-order valence-electron chi connectivity index (χ3n) is 4.80. The lowest BCUT2D eigenvalue weighted by Gasteiger charge is -2.03. The molecule has 0 aliphatic heterocycles. The minimum absolute atomic E-state index is 0.290. The van der Waals surface area contributed by atoms with E-state index < -0.39 is 5.97 Å². The molecule has 0 atom stereocenters. The fourth-order valence-corrected chi connectivity index (χ4v) is 3.31. The van der Waals surface area contributed by atoms with E-state index in [1.54, 1.807) is 12.1 Å². The highest BCUT2D eigenvalue weighted by Crippen LogP contribution is 2.25. The zero-order chi connectivity index (χ0) is 19.5. The quantitative estimate of drug-likeness (QED) is 0.513. The van der Waals surface area contributed by atoms with Crippen LogP contribution in [0.15, 0.2) is 42.7 Å². The van der Waals surface area contributed by atoms with Crippen molar-refractivity contribution in [3.05, 3.63) is 70.9 Å². The predicted octanol–water partition coefficient (Wildman–Crippen LogP) is 2.58. The summed E-state index contributed by atoms with van der Waals surface area (Å²) in [6, 6.07) is 9.34. The number of aromatic amines is 1. The number of nitrogens with one attached hydrogen (secondary N) is 1. The number of nitrogens with zero attached hydrogens (tertiary/aromatic N) is 5. The lowest BCUT2D eigenvalue weighted by atomic mass is 10.0. The summed E-state index contributed by atoms with van der Waals surface area (Å²) in [7, 11) is 0. The number of pyridine rings is 1. The Morgan fingerprint density at radius 3 is 2.79 bits per heavy atom. The first-order chi connectivity index (χ1) is 13.6. The van der Waals surface area contributed by atoms with Gasteiger partial charge in [-0.25, -0.2) is 4.79 Å². The molecule has 3 heterocycles. The van der Waals surface area contributed by atoms with Gasteiger partial charge in [-0.1, -0.05) is 11.3 Å². The molecule has 8 heteroatoms. The third kappa shape index (κ3) is 3.75. The van der Waals surface area contributed by atoms with E-state index in [-0.39, 0.29) is 5.56 Å². The molecule has 142 valence electrons. The first-order valence-electron chi connectivity index (χ1n) is 9.09. The van der Waals surface area contributed by atoms with E-state index in [0.717, 1.165) is 40.6 Å². The summed E-state index contributed by atoms with van der Waals surface area (Å²) in [5, 5.41) is 24.3. The molecule has 0 fully saturated rings. The average Bonchev–Trinajstić information content (AvgIpc) is 3.33. The Morgan fingerprint density at radius 1 is 1.18 bits per heavy atom. The second-order valence-corrected chi connectivity index (χ2v) is 6.79. The maximum absolute atomic E-state index is 11.4. The first-order valence-corrected chi connectivity index (χ1v) is 9.09. The monoisotopic (exact) mass is 376 g/mol. The first kappa shape index (κ1) is 17.8. The van der Waals surface area contributed by atoms with E-state index in [1.165, 1.54) is 0 Å². The molecular weight excluding hydrogens is 356 g/mol. The summed E-state index contributed by atoms with van der Waals surface area (Å²) in [4.78, 5) is 15.9. The fraction of sp³-hybridized carbons (Fsp3) is 0.250. The summed E-state index contributed by atoms with van der Waals surface area (Å²) in [5.41, 5.74) is 4.55. The van der Waals surface area contributed by atoms with Gasteiger partial charge in [0, 0.05) is 42.0 Å². The van der Waals surface area contributed by atoms with Crippen molar-refractivity contribution in [3.8, 4) is 0 Å². The van der Waals surface area contributed by atoms with Crippen LogP contribution in [0.1, 0.15) is 33.0 Å². The summed E-state index contributed by atoms with van der Waals surface area (Å²) < 4.78 is 2.12. The van der Waals surface area contributed by atoms with Crippen molar-refractivity contribution < 1.29 is 9.90 Å². The molecule has 0 aliphatic carbocycles. The maximum atomic E-state index is 11.4. The molecule has 0 saturated heterocycles. The standard InChI is InChI=1S/C20H20N6O2/c1-13-2-5-16(21-11-13)6-3-15-12-26(9-8-19-22-24-25-23-19)18-7-4-14(20(27)28)10-17(15)18/h2,4-5,7,10-12H,3,6,8-9H2,1H3,(H,27,28)(H,22,23,24,25). The van der Waals surface area contributed by atoms with E-state index in [1.807, 2.05) is 25.3 Å². The summed E-state index contributed by atoms with van der Waals surface area (Å²) in [6.45, 7) is 2.70. The lowest BCUT2D eigenvalue weighted by Crippen LogP contribution is -2.02. The zero-order valence-corrected chi connectivity index (χ0v) is 15.5. The van der Waals surface area contributed by atoms with Crippen molar-refractivity contribution in [2.75, 3.05) is 0 Å². The van der Waals surface area contributed by atoms with Gasteiger partial charge in [-0.05, 0) is 55.2 Å². The predicted molar refractivity (Wildman–Crippen MR) is 103 cm³/mol. The number of aryl methyl sites for hydroxylation is 5. The van der Waals surface area contributed by atoms with Gasteiger partial charge in [0.1, 0.15) is 0 Å². The fourth-order valence-electron chi connectivity index (χ4n) is 3.31. The molecule has 0 saturated carbocycles. The van der Waals surface area contributed by atoms with Crippen LogP contribution in [0.3, 0.4) is 0 Å². The van der Waals surface area contributed by atoms with Gasteiger partial charge in [-0.2, -0.15) is 5.21 Å².